The number of nitro groups is 1. The molecule has 1 aromatic carbocycles. The molecule has 104 valence electrons. The maximum Gasteiger partial charge on any atom is 0.292 e. The first-order valence-electron chi connectivity index (χ1n) is 6.07. The highest BCUT2D eigenvalue weighted by Crippen LogP contribution is 2.29. The Morgan fingerprint density at radius 1 is 1.40 bits per heavy atom. The lowest BCUT2D eigenvalue weighted by Crippen LogP contribution is -2.04. The Hall–Kier alpha value is -2.63. The van der Waals surface area contributed by atoms with Gasteiger partial charge in [-0.05, 0) is 30.2 Å². The summed E-state index contributed by atoms with van der Waals surface area (Å²) in [6.45, 7) is 2.44. The van der Waals surface area contributed by atoms with Crippen molar-refractivity contribution in [2.24, 2.45) is 0 Å². The Morgan fingerprint density at radius 3 is 2.85 bits per heavy atom. The molecule has 0 atom stereocenters. The van der Waals surface area contributed by atoms with Gasteiger partial charge in [-0.25, -0.2) is 0 Å². The van der Waals surface area contributed by atoms with E-state index >= 15 is 0 Å². The van der Waals surface area contributed by atoms with Gasteiger partial charge in [0.2, 0.25) is 0 Å². The highest BCUT2D eigenvalue weighted by molar-refractivity contribution is 5.64. The zero-order valence-corrected chi connectivity index (χ0v) is 11.3. The van der Waals surface area contributed by atoms with Gasteiger partial charge in [0.05, 0.1) is 12.0 Å². The van der Waals surface area contributed by atoms with Crippen LogP contribution in [0.5, 0.6) is 5.75 Å². The molecule has 0 radical (unpaired) electrons. The van der Waals surface area contributed by atoms with E-state index in [1.165, 1.54) is 13.2 Å². The van der Waals surface area contributed by atoms with Crippen molar-refractivity contribution >= 4 is 11.4 Å². The third-order valence-corrected chi connectivity index (χ3v) is 3.01. The van der Waals surface area contributed by atoms with Crippen molar-refractivity contribution in [3.63, 3.8) is 0 Å². The fraction of sp³-hybridized carbons (Fsp3) is 0.214. The molecule has 0 aliphatic heterocycles. The standard InChI is InChI=1S/C14H15N3O3/c1-10-8-15-6-5-11(10)9-16-13-7-12(20-2)3-4-14(13)17(18)19/h3-8,16H,9H2,1-2H3. The van der Waals surface area contributed by atoms with E-state index in [0.29, 0.717) is 18.0 Å². The normalized spacial score (nSPS) is 10.1. The zero-order chi connectivity index (χ0) is 14.5. The Kier molecular flexibility index (Phi) is 4.14. The first kappa shape index (κ1) is 13.8. The van der Waals surface area contributed by atoms with E-state index in [4.69, 9.17) is 4.74 Å². The van der Waals surface area contributed by atoms with Gasteiger partial charge in [-0.15, -0.1) is 0 Å². The average molecular weight is 273 g/mol. The molecule has 0 fully saturated rings. The number of nitrogens with zero attached hydrogens (tertiary/aromatic N) is 2. The Morgan fingerprint density at radius 2 is 2.20 bits per heavy atom. The van der Waals surface area contributed by atoms with Crippen LogP contribution in [0.4, 0.5) is 11.4 Å². The van der Waals surface area contributed by atoms with Gasteiger partial charge < -0.3 is 10.1 Å². The highest BCUT2D eigenvalue weighted by atomic mass is 16.6. The van der Waals surface area contributed by atoms with Gasteiger partial charge >= 0.3 is 0 Å². The molecule has 0 aliphatic rings. The van der Waals surface area contributed by atoms with Crippen molar-refractivity contribution < 1.29 is 9.66 Å². The molecule has 6 nitrogen and oxygen atoms in total. The lowest BCUT2D eigenvalue weighted by Gasteiger charge is -2.10. The summed E-state index contributed by atoms with van der Waals surface area (Å²) >= 11 is 0. The summed E-state index contributed by atoms with van der Waals surface area (Å²) in [4.78, 5) is 14.6. The van der Waals surface area contributed by atoms with Crippen LogP contribution in [0.2, 0.25) is 0 Å². The van der Waals surface area contributed by atoms with Crippen molar-refractivity contribution in [3.05, 3.63) is 57.9 Å². The van der Waals surface area contributed by atoms with E-state index < -0.39 is 4.92 Å². The lowest BCUT2D eigenvalue weighted by molar-refractivity contribution is -0.384. The molecule has 1 aromatic heterocycles. The van der Waals surface area contributed by atoms with E-state index in [-0.39, 0.29) is 5.69 Å². The SMILES string of the molecule is COc1ccc([N+](=O)[O-])c(NCc2ccncc2C)c1. The molecule has 20 heavy (non-hydrogen) atoms. The number of benzene rings is 1. The van der Waals surface area contributed by atoms with Crippen molar-refractivity contribution in [1.82, 2.24) is 4.98 Å². The fourth-order valence-electron chi connectivity index (χ4n) is 1.83. The molecule has 0 amide bonds. The maximum atomic E-state index is 11.0. The minimum Gasteiger partial charge on any atom is -0.497 e. The average Bonchev–Trinajstić information content (AvgIpc) is 2.46. The van der Waals surface area contributed by atoms with Crippen LogP contribution in [0, 0.1) is 17.0 Å². The summed E-state index contributed by atoms with van der Waals surface area (Å²) in [6.07, 6.45) is 3.46. The number of aromatic nitrogens is 1. The summed E-state index contributed by atoms with van der Waals surface area (Å²) < 4.78 is 5.09. The second kappa shape index (κ2) is 6.01. The molecule has 0 unspecified atom stereocenters. The smallest absolute Gasteiger partial charge is 0.292 e. The minimum atomic E-state index is -0.415. The number of aryl methyl sites for hydroxylation is 1. The van der Waals surface area contributed by atoms with Crippen LogP contribution in [-0.2, 0) is 6.54 Å². The molecule has 0 bridgehead atoms. The summed E-state index contributed by atoms with van der Waals surface area (Å²) in [5.74, 6) is 0.574. The van der Waals surface area contributed by atoms with E-state index in [0.717, 1.165) is 11.1 Å². The summed E-state index contributed by atoms with van der Waals surface area (Å²) in [5, 5.41) is 14.1. The molecule has 2 rings (SSSR count). The number of rotatable bonds is 5. The van der Waals surface area contributed by atoms with Gasteiger partial charge in [-0.1, -0.05) is 0 Å². The Bertz CT molecular complexity index is 629. The number of nitrogens with one attached hydrogen (secondary N) is 1. The molecular formula is C14H15N3O3. The molecule has 0 saturated carbocycles. The molecule has 0 saturated heterocycles. The van der Waals surface area contributed by atoms with Gasteiger partial charge in [0.1, 0.15) is 11.4 Å². The maximum absolute atomic E-state index is 11.0. The van der Waals surface area contributed by atoms with Crippen LogP contribution in [0.25, 0.3) is 0 Å². The number of pyridine rings is 1. The van der Waals surface area contributed by atoms with Crippen LogP contribution in [0.3, 0.4) is 0 Å². The first-order chi connectivity index (χ1) is 9.61. The number of hydrogen-bond donors (Lipinski definition) is 1. The van der Waals surface area contributed by atoms with Gasteiger partial charge in [-0.2, -0.15) is 0 Å². The second-order valence-electron chi connectivity index (χ2n) is 4.30. The summed E-state index contributed by atoms with van der Waals surface area (Å²) in [5.41, 5.74) is 2.53. The van der Waals surface area contributed by atoms with Gasteiger partial charge in [0, 0.05) is 31.1 Å². The van der Waals surface area contributed by atoms with Crippen molar-refractivity contribution in [2.45, 2.75) is 13.5 Å². The lowest BCUT2D eigenvalue weighted by atomic mass is 10.1. The largest absolute Gasteiger partial charge is 0.497 e. The van der Waals surface area contributed by atoms with Crippen molar-refractivity contribution in [2.75, 3.05) is 12.4 Å². The number of nitro benzene ring substituents is 1. The molecule has 2 aromatic rings. The Labute approximate surface area is 116 Å². The summed E-state index contributed by atoms with van der Waals surface area (Å²) in [7, 11) is 1.53. The second-order valence-corrected chi connectivity index (χ2v) is 4.30. The molecule has 0 aliphatic carbocycles. The molecule has 1 N–H and O–H groups in total. The van der Waals surface area contributed by atoms with Gasteiger partial charge in [-0.3, -0.25) is 15.1 Å². The van der Waals surface area contributed by atoms with E-state index in [1.54, 1.807) is 24.5 Å². The number of methoxy groups -OCH3 is 1. The fourth-order valence-corrected chi connectivity index (χ4v) is 1.83. The number of anilines is 1. The van der Waals surface area contributed by atoms with Crippen LogP contribution in [0.15, 0.2) is 36.7 Å². The molecule has 0 spiro atoms. The number of hydrogen-bond acceptors (Lipinski definition) is 5. The number of ether oxygens (including phenoxy) is 1. The Balaban J connectivity index is 2.24. The topological polar surface area (TPSA) is 77.3 Å². The quantitative estimate of drug-likeness (QED) is 0.669. The molecule has 1 heterocycles. The van der Waals surface area contributed by atoms with Gasteiger partial charge in [0.25, 0.3) is 5.69 Å². The monoisotopic (exact) mass is 273 g/mol. The van der Waals surface area contributed by atoms with E-state index in [9.17, 15) is 10.1 Å². The van der Waals surface area contributed by atoms with Crippen molar-refractivity contribution in [3.8, 4) is 5.75 Å². The molecular weight excluding hydrogens is 258 g/mol. The summed E-state index contributed by atoms with van der Waals surface area (Å²) in [6, 6.07) is 6.50. The predicted octanol–water partition coefficient (Wildman–Crippen LogP) is 2.92. The highest BCUT2D eigenvalue weighted by Gasteiger charge is 2.14. The van der Waals surface area contributed by atoms with Gasteiger partial charge in [0.15, 0.2) is 0 Å². The van der Waals surface area contributed by atoms with E-state index in [2.05, 4.69) is 10.3 Å². The van der Waals surface area contributed by atoms with Crippen LogP contribution in [-0.4, -0.2) is 17.0 Å². The van der Waals surface area contributed by atoms with Crippen LogP contribution >= 0.6 is 0 Å². The van der Waals surface area contributed by atoms with E-state index in [1.807, 2.05) is 13.0 Å². The van der Waals surface area contributed by atoms with Crippen LogP contribution < -0.4 is 10.1 Å². The third kappa shape index (κ3) is 3.03. The van der Waals surface area contributed by atoms with Crippen molar-refractivity contribution in [1.29, 1.82) is 0 Å². The predicted molar refractivity (Wildman–Crippen MR) is 75.9 cm³/mol. The zero-order valence-electron chi connectivity index (χ0n) is 11.3. The molecule has 6 heteroatoms. The first-order valence-corrected chi connectivity index (χ1v) is 6.07. The van der Waals surface area contributed by atoms with Crippen LogP contribution in [0.1, 0.15) is 11.1 Å². The minimum absolute atomic E-state index is 0.0255. The third-order valence-electron chi connectivity index (χ3n) is 3.01.